The van der Waals surface area contributed by atoms with Crippen molar-refractivity contribution < 1.29 is 24.1 Å². The van der Waals surface area contributed by atoms with Crippen LogP contribution in [0.1, 0.15) is 58.6 Å². The molecule has 0 unspecified atom stereocenters. The molecule has 7 nitrogen and oxygen atoms in total. The van der Waals surface area contributed by atoms with Crippen LogP contribution in [0.25, 0.3) is 10.8 Å². The second-order valence-corrected chi connectivity index (χ2v) is 12.3. The summed E-state index contributed by atoms with van der Waals surface area (Å²) in [5, 5.41) is 12.6. The summed E-state index contributed by atoms with van der Waals surface area (Å²) in [5.41, 5.74) is 3.93. The molecule has 2 saturated heterocycles. The minimum Gasteiger partial charge on any atom is -0.457 e. The number of ether oxygens (including phenoxy) is 3. The molecule has 1 aliphatic carbocycles. The van der Waals surface area contributed by atoms with Crippen LogP contribution < -0.4 is 4.74 Å². The Morgan fingerprint density at radius 1 is 0.841 bits per heavy atom. The van der Waals surface area contributed by atoms with Crippen LogP contribution in [0.4, 0.5) is 0 Å². The fraction of sp³-hybridized carbons (Fsp3) is 0.378. The highest BCUT2D eigenvalue weighted by Crippen LogP contribution is 2.43. The van der Waals surface area contributed by atoms with Crippen LogP contribution >= 0.6 is 0 Å². The van der Waals surface area contributed by atoms with E-state index in [2.05, 4.69) is 59.5 Å². The van der Waals surface area contributed by atoms with Gasteiger partial charge >= 0.3 is 0 Å². The van der Waals surface area contributed by atoms with Crippen molar-refractivity contribution in [3.05, 3.63) is 107 Å². The molecule has 0 radical (unpaired) electrons. The highest BCUT2D eigenvalue weighted by molar-refractivity contribution is 5.94. The second-order valence-electron chi connectivity index (χ2n) is 12.3. The summed E-state index contributed by atoms with van der Waals surface area (Å²) >= 11 is 0. The van der Waals surface area contributed by atoms with Gasteiger partial charge in [-0.15, -0.1) is 0 Å². The van der Waals surface area contributed by atoms with E-state index in [1.54, 1.807) is 0 Å². The quantitative estimate of drug-likeness (QED) is 0.265. The van der Waals surface area contributed by atoms with Crippen molar-refractivity contribution in [1.82, 2.24) is 9.80 Å². The zero-order chi connectivity index (χ0) is 29.9. The molecule has 228 valence electrons. The number of rotatable bonds is 7. The summed E-state index contributed by atoms with van der Waals surface area (Å²) in [6.07, 6.45) is 3.80. The molecule has 1 amide bonds. The third-order valence-electron chi connectivity index (χ3n) is 9.50. The third-order valence-corrected chi connectivity index (χ3v) is 9.50. The van der Waals surface area contributed by atoms with E-state index in [-0.39, 0.29) is 18.3 Å². The van der Waals surface area contributed by atoms with Crippen molar-refractivity contribution in [3.8, 4) is 11.5 Å². The molecule has 0 aromatic heterocycles. The van der Waals surface area contributed by atoms with Gasteiger partial charge in [-0.2, -0.15) is 0 Å². The fourth-order valence-corrected chi connectivity index (χ4v) is 6.93. The molecule has 4 aromatic carbocycles. The van der Waals surface area contributed by atoms with E-state index in [4.69, 9.17) is 14.2 Å². The van der Waals surface area contributed by atoms with Gasteiger partial charge in [-0.25, -0.2) is 0 Å². The number of hydrogen-bond donors (Lipinski definition) is 1. The normalized spacial score (nSPS) is 19.1. The van der Waals surface area contributed by atoms with E-state index in [0.717, 1.165) is 50.9 Å². The van der Waals surface area contributed by atoms with Gasteiger partial charge in [0.25, 0.3) is 5.91 Å². The number of benzene rings is 4. The van der Waals surface area contributed by atoms with Crippen LogP contribution in [0.15, 0.2) is 84.9 Å². The zero-order valence-electron chi connectivity index (χ0n) is 25.1. The van der Waals surface area contributed by atoms with Gasteiger partial charge in [-0.3, -0.25) is 9.69 Å². The van der Waals surface area contributed by atoms with Crippen molar-refractivity contribution >= 4 is 16.7 Å². The van der Waals surface area contributed by atoms with Crippen LogP contribution in [0.3, 0.4) is 0 Å². The average molecular weight is 593 g/mol. The Balaban J connectivity index is 0.927. The van der Waals surface area contributed by atoms with Gasteiger partial charge < -0.3 is 24.2 Å². The molecule has 7 rings (SSSR count). The smallest absolute Gasteiger partial charge is 0.253 e. The Morgan fingerprint density at radius 2 is 1.57 bits per heavy atom. The zero-order valence-corrected chi connectivity index (χ0v) is 25.1. The van der Waals surface area contributed by atoms with Crippen molar-refractivity contribution in [2.45, 2.75) is 50.5 Å². The molecule has 3 fully saturated rings. The van der Waals surface area contributed by atoms with E-state index >= 15 is 0 Å². The predicted molar refractivity (Wildman–Crippen MR) is 170 cm³/mol. The number of piperazine rings is 1. The molecule has 2 heterocycles. The summed E-state index contributed by atoms with van der Waals surface area (Å²) in [7, 11) is 0. The number of amides is 1. The first-order chi connectivity index (χ1) is 21.6. The van der Waals surface area contributed by atoms with Gasteiger partial charge in [-0.1, -0.05) is 42.5 Å². The van der Waals surface area contributed by atoms with Crippen molar-refractivity contribution in [2.75, 3.05) is 39.4 Å². The maximum atomic E-state index is 13.3. The van der Waals surface area contributed by atoms with Crippen LogP contribution in [0, 0.1) is 0 Å². The molecule has 2 aliphatic heterocycles. The number of fused-ring (bicyclic) bond motifs is 1. The van der Waals surface area contributed by atoms with Gasteiger partial charge in [0.2, 0.25) is 0 Å². The van der Waals surface area contributed by atoms with Crippen molar-refractivity contribution in [3.63, 3.8) is 0 Å². The molecular formula is C37H40N2O5. The molecular weight excluding hydrogens is 552 g/mol. The average Bonchev–Trinajstić information content (AvgIpc) is 3.53. The van der Waals surface area contributed by atoms with E-state index in [1.165, 1.54) is 21.9 Å². The molecule has 1 N–H and O–H groups in total. The van der Waals surface area contributed by atoms with Crippen LogP contribution in [0.2, 0.25) is 0 Å². The third kappa shape index (κ3) is 6.24. The number of carbonyl (C=O) groups is 1. The standard InChI is InChI=1S/C37H40N2O5/c40-26-33-24-32(29-13-15-37(16-14-29)42-21-22-43-37)9-12-35(33)44-34-10-7-30(8-11-34)36(41)39-19-17-38(18-20-39)25-27-5-6-28-3-1-2-4-31(28)23-27/h1-12,23-24,29,40H,13-22,25-26H2. The number of nitrogens with zero attached hydrogens (tertiary/aromatic N) is 2. The summed E-state index contributed by atoms with van der Waals surface area (Å²) < 4.78 is 17.9. The Bertz CT molecular complexity index is 1600. The Kier molecular flexibility index (Phi) is 8.37. The summed E-state index contributed by atoms with van der Waals surface area (Å²) in [6.45, 7) is 5.27. The molecule has 0 bridgehead atoms. The molecule has 7 heteroatoms. The number of aliphatic hydroxyl groups excluding tert-OH is 1. The maximum Gasteiger partial charge on any atom is 0.253 e. The first kappa shape index (κ1) is 29.0. The summed E-state index contributed by atoms with van der Waals surface area (Å²) in [5.74, 6) is 1.36. The monoisotopic (exact) mass is 592 g/mol. The molecule has 1 spiro atoms. The second kappa shape index (κ2) is 12.7. The topological polar surface area (TPSA) is 71.5 Å². The van der Waals surface area contributed by atoms with E-state index in [9.17, 15) is 9.90 Å². The summed E-state index contributed by atoms with van der Waals surface area (Å²) in [6, 6.07) is 28.5. The molecule has 44 heavy (non-hydrogen) atoms. The lowest BCUT2D eigenvalue weighted by Gasteiger charge is -2.35. The lowest BCUT2D eigenvalue weighted by atomic mass is 9.80. The minimum atomic E-state index is -0.375. The number of aliphatic hydroxyl groups is 1. The van der Waals surface area contributed by atoms with Gasteiger partial charge in [0.1, 0.15) is 11.5 Å². The molecule has 3 aliphatic rings. The first-order valence-electron chi connectivity index (χ1n) is 15.9. The van der Waals surface area contributed by atoms with Crippen LogP contribution in [-0.2, 0) is 22.6 Å². The largest absolute Gasteiger partial charge is 0.457 e. The fourth-order valence-electron chi connectivity index (χ4n) is 6.93. The molecule has 1 saturated carbocycles. The van der Waals surface area contributed by atoms with Crippen molar-refractivity contribution in [1.29, 1.82) is 0 Å². The van der Waals surface area contributed by atoms with E-state index in [0.29, 0.717) is 49.3 Å². The van der Waals surface area contributed by atoms with Crippen LogP contribution in [0.5, 0.6) is 11.5 Å². The molecule has 4 aromatic rings. The Hall–Kier alpha value is -3.75. The first-order valence-corrected chi connectivity index (χ1v) is 15.9. The SMILES string of the molecule is O=C(c1ccc(Oc2ccc(C3CCC4(CC3)OCCO4)cc2CO)cc1)N1CCN(Cc2ccc3ccccc3c2)CC1. The highest BCUT2D eigenvalue weighted by atomic mass is 16.7. The summed E-state index contributed by atoms with van der Waals surface area (Å²) in [4.78, 5) is 17.6. The lowest BCUT2D eigenvalue weighted by molar-refractivity contribution is -0.178. The van der Waals surface area contributed by atoms with Crippen LogP contribution in [-0.4, -0.2) is 66.0 Å². The highest BCUT2D eigenvalue weighted by Gasteiger charge is 2.40. The van der Waals surface area contributed by atoms with E-state index in [1.807, 2.05) is 35.2 Å². The van der Waals surface area contributed by atoms with Gasteiger partial charge in [0.15, 0.2) is 5.79 Å². The van der Waals surface area contributed by atoms with Gasteiger partial charge in [0.05, 0.1) is 19.8 Å². The minimum absolute atomic E-state index is 0.0463. The van der Waals surface area contributed by atoms with Gasteiger partial charge in [0, 0.05) is 56.7 Å². The Morgan fingerprint density at radius 3 is 2.30 bits per heavy atom. The number of carbonyl (C=O) groups excluding carboxylic acids is 1. The van der Waals surface area contributed by atoms with E-state index < -0.39 is 0 Å². The predicted octanol–water partition coefficient (Wildman–Crippen LogP) is 6.48. The number of hydrogen-bond acceptors (Lipinski definition) is 6. The molecule has 0 atom stereocenters. The van der Waals surface area contributed by atoms with Gasteiger partial charge in [-0.05, 0) is 83.1 Å². The van der Waals surface area contributed by atoms with Crippen molar-refractivity contribution in [2.24, 2.45) is 0 Å². The maximum absolute atomic E-state index is 13.3. The lowest BCUT2D eigenvalue weighted by Crippen LogP contribution is -2.48. The Labute approximate surface area is 258 Å².